The summed E-state index contributed by atoms with van der Waals surface area (Å²) in [5.74, 6) is 2.60. The third-order valence-corrected chi connectivity index (χ3v) is 11.9. The fraction of sp³-hybridized carbons (Fsp3) is 0.0980. The lowest BCUT2D eigenvalue weighted by atomic mass is 9.93. The Bertz CT molecular complexity index is 3240. The maximum Gasteiger partial charge on any atom is 0.147 e. The monoisotopic (exact) mass is 736 g/mol. The molecule has 57 heavy (non-hydrogen) atoms. The van der Waals surface area contributed by atoms with Crippen molar-refractivity contribution in [3.8, 4) is 11.1 Å². The summed E-state index contributed by atoms with van der Waals surface area (Å²) in [5.41, 5.74) is 10.6. The molecular weight excluding hydrogens is 701 g/mol. The van der Waals surface area contributed by atoms with Crippen LogP contribution in [0.4, 0.5) is 0 Å². The van der Waals surface area contributed by atoms with Gasteiger partial charge in [0.2, 0.25) is 0 Å². The Morgan fingerprint density at radius 2 is 1.37 bits per heavy atom. The van der Waals surface area contributed by atoms with Crippen molar-refractivity contribution in [2.45, 2.75) is 25.0 Å². The highest BCUT2D eigenvalue weighted by Gasteiger charge is 2.28. The van der Waals surface area contributed by atoms with Crippen LogP contribution >= 0.6 is 0 Å². The summed E-state index contributed by atoms with van der Waals surface area (Å²) >= 11 is 0. The molecule has 6 aromatic carbocycles. The first kappa shape index (κ1) is 32.1. The van der Waals surface area contributed by atoms with Gasteiger partial charge < -0.3 is 18.7 Å². The van der Waals surface area contributed by atoms with Crippen molar-refractivity contribution in [3.63, 3.8) is 0 Å². The Morgan fingerprint density at radius 3 is 2.18 bits per heavy atom. The third kappa shape index (κ3) is 5.10. The van der Waals surface area contributed by atoms with Crippen LogP contribution in [0.1, 0.15) is 41.1 Å². The van der Waals surface area contributed by atoms with E-state index in [-0.39, 0.29) is 18.1 Å². The molecule has 0 saturated heterocycles. The lowest BCUT2D eigenvalue weighted by Gasteiger charge is -2.26. The number of furan rings is 2. The van der Waals surface area contributed by atoms with Crippen LogP contribution in [0.25, 0.3) is 73.1 Å². The average molecular weight is 737 g/mol. The summed E-state index contributed by atoms with van der Waals surface area (Å²) < 4.78 is 16.1. The minimum absolute atomic E-state index is 0.0389. The van der Waals surface area contributed by atoms with E-state index in [4.69, 9.17) is 18.8 Å². The van der Waals surface area contributed by atoms with E-state index in [1.54, 1.807) is 0 Å². The van der Waals surface area contributed by atoms with Crippen LogP contribution in [0, 0.1) is 5.92 Å². The van der Waals surface area contributed by atoms with E-state index in [1.165, 1.54) is 27.4 Å². The summed E-state index contributed by atoms with van der Waals surface area (Å²) in [6.45, 7) is 0. The first-order valence-corrected chi connectivity index (χ1v) is 19.7. The maximum absolute atomic E-state index is 6.94. The smallest absolute Gasteiger partial charge is 0.147 e. The van der Waals surface area contributed by atoms with Gasteiger partial charge >= 0.3 is 0 Å². The van der Waals surface area contributed by atoms with Crippen molar-refractivity contribution >= 4 is 73.6 Å². The molecule has 6 heteroatoms. The summed E-state index contributed by atoms with van der Waals surface area (Å²) in [5, 5.41) is 9.48. The topological polar surface area (TPSA) is 68.0 Å². The molecule has 3 unspecified atom stereocenters. The minimum atomic E-state index is -0.238. The third-order valence-electron chi connectivity index (χ3n) is 11.9. The highest BCUT2D eigenvalue weighted by atomic mass is 16.3. The van der Waals surface area contributed by atoms with Gasteiger partial charge in [0.1, 0.15) is 40.2 Å². The number of hydrogen-bond donors (Lipinski definition) is 1. The lowest BCUT2D eigenvalue weighted by molar-refractivity contribution is 0.500. The average Bonchev–Trinajstić information content (AvgIpc) is 3.96. The first-order valence-electron chi connectivity index (χ1n) is 19.7. The fourth-order valence-electron chi connectivity index (χ4n) is 9.29. The van der Waals surface area contributed by atoms with Crippen LogP contribution in [-0.2, 0) is 6.42 Å². The number of amidine groups is 2. The van der Waals surface area contributed by atoms with Crippen LogP contribution < -0.4 is 16.0 Å². The number of benzene rings is 6. The van der Waals surface area contributed by atoms with Gasteiger partial charge in [0.25, 0.3) is 0 Å². The SMILES string of the molecule is C1=CC(n2c3ccccc3c3ccccc32)Cc2oc3c(-c4cccc5oc6c(c45)=CCC(C4=NC(c5ccccc5)NC(c5ccccc5)=N4)C=6)cccc3c21. The number of aliphatic imine (C=N–C) groups is 2. The highest BCUT2D eigenvalue weighted by molar-refractivity contribution is 6.11. The van der Waals surface area contributed by atoms with Crippen molar-refractivity contribution < 1.29 is 8.83 Å². The lowest BCUT2D eigenvalue weighted by Crippen LogP contribution is -2.36. The highest BCUT2D eigenvalue weighted by Crippen LogP contribution is 2.42. The van der Waals surface area contributed by atoms with Crippen molar-refractivity contribution in [2.24, 2.45) is 15.9 Å². The summed E-state index contributed by atoms with van der Waals surface area (Å²) in [6.07, 6.45) is 10.4. The molecule has 3 aliphatic rings. The molecular formula is C51H36N4O2. The second-order valence-electron chi connectivity index (χ2n) is 15.2. The van der Waals surface area contributed by atoms with E-state index < -0.39 is 0 Å². The number of allylic oxidation sites excluding steroid dienone is 1. The van der Waals surface area contributed by atoms with Crippen molar-refractivity contribution in [3.05, 3.63) is 185 Å². The number of aromatic nitrogens is 1. The first-order chi connectivity index (χ1) is 28.2. The Labute approximate surface area is 328 Å². The van der Waals surface area contributed by atoms with Gasteiger partial charge in [0.05, 0.1) is 6.04 Å². The van der Waals surface area contributed by atoms with Gasteiger partial charge in [-0.05, 0) is 41.8 Å². The van der Waals surface area contributed by atoms with Gasteiger partial charge in [0.15, 0.2) is 0 Å². The van der Waals surface area contributed by atoms with E-state index in [9.17, 15) is 0 Å². The molecule has 0 amide bonds. The second kappa shape index (κ2) is 12.7. The van der Waals surface area contributed by atoms with E-state index in [2.05, 4.69) is 156 Å². The molecule has 0 saturated carbocycles. The number of para-hydroxylation sites is 3. The van der Waals surface area contributed by atoms with E-state index in [0.717, 1.165) is 85.1 Å². The van der Waals surface area contributed by atoms with E-state index >= 15 is 0 Å². The van der Waals surface area contributed by atoms with Gasteiger partial charge in [-0.25, -0.2) is 9.98 Å². The molecule has 6 nitrogen and oxygen atoms in total. The van der Waals surface area contributed by atoms with Crippen molar-refractivity contribution in [1.82, 2.24) is 9.88 Å². The van der Waals surface area contributed by atoms with Crippen LogP contribution in [0.15, 0.2) is 170 Å². The standard InChI is InChI=1S/C51H36N4O2/c1-3-13-31(14-4-1)49-52-50(32-15-5-2-6-16-32)54-51(53-49)33-25-27-41-45(29-33)56-44-24-12-19-38(47(41)44)40-21-11-20-39-37-28-26-34(30-46(37)57-48(39)40)55-42-22-9-7-17-35(42)36-18-8-10-23-43(36)55/h1-24,26-29,33-34,49H,25,30H2,(H,52,53,54). The van der Waals surface area contributed by atoms with Crippen LogP contribution in [0.5, 0.6) is 0 Å². The van der Waals surface area contributed by atoms with E-state index in [0.29, 0.717) is 0 Å². The number of rotatable bonds is 5. The van der Waals surface area contributed by atoms with Crippen molar-refractivity contribution in [2.75, 3.05) is 0 Å². The molecule has 2 aliphatic carbocycles. The second-order valence-corrected chi connectivity index (χ2v) is 15.2. The fourth-order valence-corrected chi connectivity index (χ4v) is 9.29. The molecule has 4 heterocycles. The van der Waals surface area contributed by atoms with Crippen molar-refractivity contribution in [1.29, 1.82) is 0 Å². The van der Waals surface area contributed by atoms with Gasteiger partial charge in [-0.15, -0.1) is 0 Å². The molecule has 1 N–H and O–H groups in total. The normalized spacial score (nSPS) is 18.8. The molecule has 12 rings (SSSR count). The summed E-state index contributed by atoms with van der Waals surface area (Å²) in [7, 11) is 0. The molecule has 9 aromatic rings. The molecule has 272 valence electrons. The summed E-state index contributed by atoms with van der Waals surface area (Å²) in [4.78, 5) is 10.3. The quantitative estimate of drug-likeness (QED) is 0.191. The number of nitrogens with zero attached hydrogens (tertiary/aromatic N) is 3. The van der Waals surface area contributed by atoms with Gasteiger partial charge in [-0.2, -0.15) is 0 Å². The Kier molecular flexibility index (Phi) is 7.14. The minimum Gasteiger partial charge on any atom is -0.460 e. The zero-order valence-corrected chi connectivity index (χ0v) is 31.0. The van der Waals surface area contributed by atoms with Gasteiger partial charge in [-0.1, -0.05) is 146 Å². The molecule has 3 aromatic heterocycles. The maximum atomic E-state index is 6.94. The molecule has 0 radical (unpaired) electrons. The number of nitrogens with one attached hydrogen (secondary N) is 1. The zero-order valence-electron chi connectivity index (χ0n) is 31.0. The Hall–Kier alpha value is -7.18. The molecule has 0 bridgehead atoms. The van der Waals surface area contributed by atoms with Crippen LogP contribution in [-0.4, -0.2) is 16.2 Å². The zero-order chi connectivity index (χ0) is 37.5. The van der Waals surface area contributed by atoms with Gasteiger partial charge in [0, 0.05) is 66.8 Å². The van der Waals surface area contributed by atoms with Gasteiger partial charge in [-0.3, -0.25) is 0 Å². The largest absolute Gasteiger partial charge is 0.460 e. The predicted octanol–water partition coefficient (Wildman–Crippen LogP) is 10.5. The Morgan fingerprint density at radius 1 is 0.667 bits per heavy atom. The van der Waals surface area contributed by atoms with Crippen LogP contribution in [0.3, 0.4) is 0 Å². The Balaban J connectivity index is 0.939. The summed E-state index contributed by atoms with van der Waals surface area (Å²) in [6, 6.07) is 51.1. The number of fused-ring (bicyclic) bond motifs is 9. The molecule has 1 aliphatic heterocycles. The predicted molar refractivity (Wildman–Crippen MR) is 232 cm³/mol. The number of hydrogen-bond acceptors (Lipinski definition) is 5. The molecule has 0 spiro atoms. The van der Waals surface area contributed by atoms with Crippen LogP contribution in [0.2, 0.25) is 0 Å². The molecule has 0 fully saturated rings. The van der Waals surface area contributed by atoms with E-state index in [1.807, 2.05) is 24.3 Å². The molecule has 3 atom stereocenters.